The third-order valence-electron chi connectivity index (χ3n) is 3.33. The van der Waals surface area contributed by atoms with Crippen LogP contribution in [-0.4, -0.2) is 6.04 Å². The van der Waals surface area contributed by atoms with Gasteiger partial charge in [0.1, 0.15) is 0 Å². The van der Waals surface area contributed by atoms with Gasteiger partial charge in [-0.15, -0.1) is 0 Å². The monoisotopic (exact) mass is 263 g/mol. The van der Waals surface area contributed by atoms with Crippen LogP contribution in [-0.2, 0) is 0 Å². The van der Waals surface area contributed by atoms with Gasteiger partial charge in [-0.25, -0.2) is 0 Å². The van der Waals surface area contributed by atoms with Crippen molar-refractivity contribution in [3.63, 3.8) is 0 Å². The largest absolute Gasteiger partial charge is 0.339 e. The fraction of sp³-hybridized carbons (Fsp3) is 0.158. The van der Waals surface area contributed by atoms with Crippen molar-refractivity contribution >= 4 is 23.5 Å². The van der Waals surface area contributed by atoms with Crippen molar-refractivity contribution in [1.82, 2.24) is 0 Å². The van der Waals surface area contributed by atoms with Crippen LogP contribution in [0.4, 0.5) is 11.4 Å². The summed E-state index contributed by atoms with van der Waals surface area (Å²) < 4.78 is 0. The van der Waals surface area contributed by atoms with E-state index < -0.39 is 0 Å². The lowest BCUT2D eigenvalue weighted by atomic mass is 10.1. The van der Waals surface area contributed by atoms with Crippen LogP contribution in [0.2, 0.25) is 0 Å². The molecule has 2 aromatic rings. The lowest BCUT2D eigenvalue weighted by Crippen LogP contribution is -2.25. The Morgan fingerprint density at radius 3 is 1.35 bits per heavy atom. The summed E-state index contributed by atoms with van der Waals surface area (Å²) in [5.74, 6) is 0. The maximum Gasteiger partial charge on any atom is 0.0413 e. The smallest absolute Gasteiger partial charge is 0.0413 e. The number of nitrogens with zero attached hydrogens (tertiary/aromatic N) is 1. The Kier molecular flexibility index (Phi) is 4.41. The molecule has 0 amide bonds. The summed E-state index contributed by atoms with van der Waals surface area (Å²) in [4.78, 5) is 2.32. The molecule has 0 radical (unpaired) electrons. The third kappa shape index (κ3) is 3.00. The molecular formula is C19H21N. The molecule has 2 aromatic carbocycles. The Hall–Kier alpha value is -2.28. The first-order chi connectivity index (χ1) is 9.65. The Bertz CT molecular complexity index is 525. The molecule has 0 atom stereocenters. The number of rotatable bonds is 5. The first-order valence-electron chi connectivity index (χ1n) is 6.90. The van der Waals surface area contributed by atoms with Gasteiger partial charge < -0.3 is 4.90 Å². The van der Waals surface area contributed by atoms with Gasteiger partial charge in [-0.3, -0.25) is 0 Å². The molecule has 0 fully saturated rings. The lowest BCUT2D eigenvalue weighted by Gasteiger charge is -2.29. The second-order valence-electron chi connectivity index (χ2n) is 5.06. The SMILES string of the molecule is C=Cc1ccc(N(c2ccc(C=C)cc2)C(C)C)cc1. The van der Waals surface area contributed by atoms with Crippen LogP contribution in [0.3, 0.4) is 0 Å². The van der Waals surface area contributed by atoms with Gasteiger partial charge in [0.25, 0.3) is 0 Å². The van der Waals surface area contributed by atoms with E-state index in [0.29, 0.717) is 6.04 Å². The number of benzene rings is 2. The predicted molar refractivity (Wildman–Crippen MR) is 90.3 cm³/mol. The van der Waals surface area contributed by atoms with Gasteiger partial charge in [0.15, 0.2) is 0 Å². The summed E-state index contributed by atoms with van der Waals surface area (Å²) in [5, 5.41) is 0. The van der Waals surface area contributed by atoms with E-state index in [0.717, 1.165) is 11.1 Å². The zero-order valence-electron chi connectivity index (χ0n) is 12.2. The van der Waals surface area contributed by atoms with Gasteiger partial charge in [0.05, 0.1) is 0 Å². The zero-order chi connectivity index (χ0) is 14.5. The summed E-state index contributed by atoms with van der Waals surface area (Å²) >= 11 is 0. The second-order valence-corrected chi connectivity index (χ2v) is 5.06. The van der Waals surface area contributed by atoms with Gasteiger partial charge in [0.2, 0.25) is 0 Å². The standard InChI is InChI=1S/C19H21N/c1-5-16-7-11-18(12-8-16)20(15(3)4)19-13-9-17(6-2)10-14-19/h5-15H,1-2H2,3-4H3. The first-order valence-corrected chi connectivity index (χ1v) is 6.90. The van der Waals surface area contributed by atoms with Crippen molar-refractivity contribution < 1.29 is 0 Å². The van der Waals surface area contributed by atoms with E-state index in [4.69, 9.17) is 0 Å². The molecule has 0 saturated heterocycles. The first kappa shape index (κ1) is 14.1. The predicted octanol–water partition coefficient (Wildman–Crippen LogP) is 5.52. The lowest BCUT2D eigenvalue weighted by molar-refractivity contribution is 0.789. The van der Waals surface area contributed by atoms with Gasteiger partial charge in [-0.05, 0) is 49.2 Å². The minimum absolute atomic E-state index is 0.388. The molecule has 0 spiro atoms. The molecule has 102 valence electrons. The number of hydrogen-bond donors (Lipinski definition) is 0. The van der Waals surface area contributed by atoms with Crippen LogP contribution in [0.1, 0.15) is 25.0 Å². The molecule has 1 heteroatoms. The Balaban J connectivity index is 2.38. The van der Waals surface area contributed by atoms with Crippen molar-refractivity contribution in [1.29, 1.82) is 0 Å². The molecule has 0 aliphatic carbocycles. The average Bonchev–Trinajstić information content (AvgIpc) is 2.48. The fourth-order valence-electron chi connectivity index (χ4n) is 2.29. The van der Waals surface area contributed by atoms with E-state index in [1.807, 2.05) is 12.2 Å². The molecule has 0 heterocycles. The van der Waals surface area contributed by atoms with Crippen LogP contribution in [0.25, 0.3) is 12.2 Å². The van der Waals surface area contributed by atoms with Crippen LogP contribution >= 0.6 is 0 Å². The summed E-state index contributed by atoms with van der Waals surface area (Å²) in [6.45, 7) is 12.0. The minimum atomic E-state index is 0.388. The van der Waals surface area contributed by atoms with Gasteiger partial charge in [0, 0.05) is 17.4 Å². The quantitative estimate of drug-likeness (QED) is 0.686. The van der Waals surface area contributed by atoms with E-state index in [2.05, 4.69) is 80.4 Å². The molecule has 1 nitrogen and oxygen atoms in total. The summed E-state index contributed by atoms with van der Waals surface area (Å²) in [6, 6.07) is 17.3. The van der Waals surface area contributed by atoms with Crippen molar-refractivity contribution in [3.8, 4) is 0 Å². The highest BCUT2D eigenvalue weighted by atomic mass is 15.2. The van der Waals surface area contributed by atoms with Gasteiger partial charge in [-0.1, -0.05) is 49.6 Å². The number of hydrogen-bond acceptors (Lipinski definition) is 1. The molecule has 0 bridgehead atoms. The molecule has 20 heavy (non-hydrogen) atoms. The highest BCUT2D eigenvalue weighted by Crippen LogP contribution is 2.28. The van der Waals surface area contributed by atoms with Gasteiger partial charge in [-0.2, -0.15) is 0 Å². The Morgan fingerprint density at radius 2 is 1.10 bits per heavy atom. The van der Waals surface area contributed by atoms with Crippen LogP contribution < -0.4 is 4.90 Å². The van der Waals surface area contributed by atoms with Crippen molar-refractivity contribution in [2.24, 2.45) is 0 Å². The normalized spacial score (nSPS) is 10.3. The fourth-order valence-corrected chi connectivity index (χ4v) is 2.29. The Morgan fingerprint density at radius 1 is 0.750 bits per heavy atom. The molecule has 0 aromatic heterocycles. The average molecular weight is 263 g/mol. The minimum Gasteiger partial charge on any atom is -0.339 e. The van der Waals surface area contributed by atoms with Crippen LogP contribution in [0, 0.1) is 0 Å². The molecule has 0 unspecified atom stereocenters. The van der Waals surface area contributed by atoms with E-state index in [1.165, 1.54) is 11.4 Å². The van der Waals surface area contributed by atoms with Crippen molar-refractivity contribution in [2.45, 2.75) is 19.9 Å². The maximum atomic E-state index is 3.79. The molecular weight excluding hydrogens is 242 g/mol. The summed E-state index contributed by atoms with van der Waals surface area (Å²) in [6.07, 6.45) is 3.73. The molecule has 0 N–H and O–H groups in total. The maximum absolute atomic E-state index is 3.79. The Labute approximate surface area is 121 Å². The van der Waals surface area contributed by atoms with Crippen LogP contribution in [0.5, 0.6) is 0 Å². The molecule has 0 aliphatic heterocycles. The van der Waals surface area contributed by atoms with E-state index >= 15 is 0 Å². The molecule has 2 rings (SSSR count). The third-order valence-corrected chi connectivity index (χ3v) is 3.33. The van der Waals surface area contributed by atoms with Gasteiger partial charge >= 0.3 is 0 Å². The highest BCUT2D eigenvalue weighted by Gasteiger charge is 2.12. The molecule has 0 aliphatic rings. The van der Waals surface area contributed by atoms with Crippen molar-refractivity contribution in [2.75, 3.05) is 4.90 Å². The zero-order valence-corrected chi connectivity index (χ0v) is 12.2. The number of anilines is 2. The van der Waals surface area contributed by atoms with E-state index in [9.17, 15) is 0 Å². The van der Waals surface area contributed by atoms with Crippen molar-refractivity contribution in [3.05, 3.63) is 72.8 Å². The topological polar surface area (TPSA) is 3.24 Å². The van der Waals surface area contributed by atoms with Crippen LogP contribution in [0.15, 0.2) is 61.7 Å². The van der Waals surface area contributed by atoms with E-state index in [1.54, 1.807) is 0 Å². The summed E-state index contributed by atoms with van der Waals surface area (Å²) in [5.41, 5.74) is 4.66. The van der Waals surface area contributed by atoms with E-state index in [-0.39, 0.29) is 0 Å². The molecule has 0 saturated carbocycles. The summed E-state index contributed by atoms with van der Waals surface area (Å²) in [7, 11) is 0. The second kappa shape index (κ2) is 6.25. The highest BCUT2D eigenvalue weighted by molar-refractivity contribution is 5.67.